The second-order valence-corrected chi connectivity index (χ2v) is 7.07. The minimum atomic E-state index is -0.520. The van der Waals surface area contributed by atoms with Crippen molar-refractivity contribution < 1.29 is 9.18 Å². The molecular formula is C20H22FN7O. The Labute approximate surface area is 167 Å². The van der Waals surface area contributed by atoms with E-state index >= 15 is 0 Å². The normalized spacial score (nSPS) is 13.8. The van der Waals surface area contributed by atoms with E-state index in [-0.39, 0.29) is 5.69 Å². The summed E-state index contributed by atoms with van der Waals surface area (Å²) in [6.07, 6.45) is 1.55. The Morgan fingerprint density at radius 2 is 2.00 bits per heavy atom. The maximum absolute atomic E-state index is 15.0. The first-order chi connectivity index (χ1) is 14.0. The summed E-state index contributed by atoms with van der Waals surface area (Å²) in [6, 6.07) is 8.02. The number of carbonyl (C=O) groups is 1. The Kier molecular flexibility index (Phi) is 5.22. The average Bonchev–Trinajstić information content (AvgIpc) is 3.07. The summed E-state index contributed by atoms with van der Waals surface area (Å²) < 4.78 is 17.0. The van der Waals surface area contributed by atoms with Gasteiger partial charge in [-0.1, -0.05) is 12.1 Å². The van der Waals surface area contributed by atoms with Gasteiger partial charge < -0.3 is 15.2 Å². The van der Waals surface area contributed by atoms with Gasteiger partial charge >= 0.3 is 6.03 Å². The molecule has 0 spiro atoms. The zero-order chi connectivity index (χ0) is 20.4. The second kappa shape index (κ2) is 7.96. The SMILES string of the molecule is Cc1ccc(NC(=O)Nc2cccc(CN3CCn4c(C)nnc4C3)c2F)cn1. The van der Waals surface area contributed by atoms with Crippen molar-refractivity contribution in [3.63, 3.8) is 0 Å². The number of aromatic nitrogens is 4. The molecule has 0 aliphatic carbocycles. The maximum atomic E-state index is 15.0. The molecule has 0 unspecified atom stereocenters. The van der Waals surface area contributed by atoms with Gasteiger partial charge in [-0.15, -0.1) is 10.2 Å². The first-order valence-corrected chi connectivity index (χ1v) is 9.38. The highest BCUT2D eigenvalue weighted by Crippen LogP contribution is 2.22. The fourth-order valence-electron chi connectivity index (χ4n) is 3.35. The summed E-state index contributed by atoms with van der Waals surface area (Å²) in [5, 5.41) is 13.5. The lowest BCUT2D eigenvalue weighted by atomic mass is 10.1. The largest absolute Gasteiger partial charge is 0.323 e. The van der Waals surface area contributed by atoms with Gasteiger partial charge in [0.1, 0.15) is 11.6 Å². The van der Waals surface area contributed by atoms with Crippen molar-refractivity contribution in [3.8, 4) is 0 Å². The summed E-state index contributed by atoms with van der Waals surface area (Å²) in [7, 11) is 0. The minimum Gasteiger partial charge on any atom is -0.313 e. The van der Waals surface area contributed by atoms with Crippen molar-refractivity contribution in [2.45, 2.75) is 33.5 Å². The van der Waals surface area contributed by atoms with E-state index < -0.39 is 11.8 Å². The number of nitrogens with one attached hydrogen (secondary N) is 2. The molecule has 4 rings (SSSR count). The fourth-order valence-corrected chi connectivity index (χ4v) is 3.35. The number of anilines is 2. The van der Waals surface area contributed by atoms with Crippen LogP contribution in [-0.2, 0) is 19.6 Å². The molecule has 1 aliphatic rings. The van der Waals surface area contributed by atoms with Gasteiger partial charge in [0.15, 0.2) is 5.82 Å². The lowest BCUT2D eigenvalue weighted by Gasteiger charge is -2.27. The standard InChI is InChI=1S/C20H22FN7O/c1-13-6-7-16(10-22-13)23-20(29)24-17-5-3-4-15(19(17)21)11-27-8-9-28-14(2)25-26-18(28)12-27/h3-7,10H,8-9,11-12H2,1-2H3,(H2,23,24,29). The number of amides is 2. The number of hydrogen-bond acceptors (Lipinski definition) is 5. The second-order valence-electron chi connectivity index (χ2n) is 7.07. The third kappa shape index (κ3) is 4.24. The number of benzene rings is 1. The molecule has 0 fully saturated rings. The van der Waals surface area contributed by atoms with E-state index in [1.54, 1.807) is 36.5 Å². The van der Waals surface area contributed by atoms with Gasteiger partial charge in [-0.2, -0.15) is 0 Å². The number of hydrogen-bond donors (Lipinski definition) is 2. The Morgan fingerprint density at radius 1 is 1.14 bits per heavy atom. The number of aryl methyl sites for hydroxylation is 2. The van der Waals surface area contributed by atoms with E-state index in [9.17, 15) is 9.18 Å². The predicted octanol–water partition coefficient (Wildman–Crippen LogP) is 3.09. The van der Waals surface area contributed by atoms with Gasteiger partial charge in [-0.3, -0.25) is 9.88 Å². The van der Waals surface area contributed by atoms with Gasteiger partial charge in [0.2, 0.25) is 0 Å². The average molecular weight is 395 g/mol. The van der Waals surface area contributed by atoms with Crippen molar-refractivity contribution in [3.05, 3.63) is 65.3 Å². The van der Waals surface area contributed by atoms with E-state index in [0.29, 0.717) is 24.3 Å². The first-order valence-electron chi connectivity index (χ1n) is 9.38. The third-order valence-corrected chi connectivity index (χ3v) is 4.91. The van der Waals surface area contributed by atoms with E-state index in [2.05, 4.69) is 35.3 Å². The van der Waals surface area contributed by atoms with Crippen LogP contribution in [0.5, 0.6) is 0 Å². The van der Waals surface area contributed by atoms with E-state index in [1.807, 2.05) is 13.8 Å². The van der Waals surface area contributed by atoms with E-state index in [0.717, 1.165) is 30.4 Å². The van der Waals surface area contributed by atoms with Gasteiger partial charge in [0.05, 0.1) is 24.1 Å². The molecule has 3 heterocycles. The summed E-state index contributed by atoms with van der Waals surface area (Å²) in [6.45, 7) is 6.39. The van der Waals surface area contributed by atoms with E-state index in [4.69, 9.17) is 0 Å². The molecule has 0 bridgehead atoms. The van der Waals surface area contributed by atoms with Crippen LogP contribution in [0.1, 0.15) is 22.9 Å². The summed E-state index contributed by atoms with van der Waals surface area (Å²) in [5.74, 6) is 1.34. The van der Waals surface area contributed by atoms with Crippen molar-refractivity contribution in [2.75, 3.05) is 17.2 Å². The smallest absolute Gasteiger partial charge is 0.313 e. The van der Waals surface area contributed by atoms with Crippen LogP contribution in [0, 0.1) is 19.7 Å². The molecule has 2 N–H and O–H groups in total. The van der Waals surface area contributed by atoms with Crippen LogP contribution >= 0.6 is 0 Å². The number of fused-ring (bicyclic) bond motifs is 1. The van der Waals surface area contributed by atoms with Crippen LogP contribution in [0.25, 0.3) is 0 Å². The quantitative estimate of drug-likeness (QED) is 0.709. The molecule has 2 aromatic heterocycles. The number of rotatable bonds is 4. The number of halogens is 1. The zero-order valence-corrected chi connectivity index (χ0v) is 16.3. The summed E-state index contributed by atoms with van der Waals surface area (Å²) in [4.78, 5) is 18.4. The molecule has 9 heteroatoms. The van der Waals surface area contributed by atoms with Gasteiger partial charge in [0.25, 0.3) is 0 Å². The molecule has 2 amide bonds. The molecule has 29 heavy (non-hydrogen) atoms. The molecule has 0 atom stereocenters. The Hall–Kier alpha value is -3.33. The summed E-state index contributed by atoms with van der Waals surface area (Å²) >= 11 is 0. The monoisotopic (exact) mass is 395 g/mol. The topological polar surface area (TPSA) is 88.0 Å². The van der Waals surface area contributed by atoms with Crippen LogP contribution in [0.3, 0.4) is 0 Å². The first kappa shape index (κ1) is 19.0. The summed E-state index contributed by atoms with van der Waals surface area (Å²) in [5.41, 5.74) is 2.04. The van der Waals surface area contributed by atoms with Crippen LogP contribution in [-0.4, -0.2) is 37.2 Å². The van der Waals surface area contributed by atoms with E-state index in [1.165, 1.54) is 0 Å². The molecule has 0 radical (unpaired) electrons. The Morgan fingerprint density at radius 3 is 2.79 bits per heavy atom. The molecule has 150 valence electrons. The molecule has 0 saturated heterocycles. The minimum absolute atomic E-state index is 0.135. The Balaban J connectivity index is 1.42. The molecule has 3 aromatic rings. The fraction of sp³-hybridized carbons (Fsp3) is 0.300. The van der Waals surface area contributed by atoms with Crippen LogP contribution in [0.2, 0.25) is 0 Å². The zero-order valence-electron chi connectivity index (χ0n) is 16.3. The van der Waals surface area contributed by atoms with Crippen molar-refractivity contribution >= 4 is 17.4 Å². The lowest BCUT2D eigenvalue weighted by molar-refractivity contribution is 0.205. The predicted molar refractivity (Wildman–Crippen MR) is 107 cm³/mol. The molecule has 1 aliphatic heterocycles. The van der Waals surface area contributed by atoms with Crippen molar-refractivity contribution in [1.82, 2.24) is 24.6 Å². The molecular weight excluding hydrogens is 373 g/mol. The number of nitrogens with zero attached hydrogens (tertiary/aromatic N) is 5. The third-order valence-electron chi connectivity index (χ3n) is 4.91. The lowest BCUT2D eigenvalue weighted by Crippen LogP contribution is -2.34. The molecule has 0 saturated carbocycles. The highest BCUT2D eigenvalue weighted by molar-refractivity contribution is 5.99. The van der Waals surface area contributed by atoms with Gasteiger partial charge in [-0.25, -0.2) is 9.18 Å². The molecule has 1 aromatic carbocycles. The van der Waals surface area contributed by atoms with Gasteiger partial charge in [0, 0.05) is 30.9 Å². The number of carbonyl (C=O) groups excluding carboxylic acids is 1. The van der Waals surface area contributed by atoms with Gasteiger partial charge in [-0.05, 0) is 32.0 Å². The van der Waals surface area contributed by atoms with Crippen molar-refractivity contribution in [1.29, 1.82) is 0 Å². The Bertz CT molecular complexity index is 1030. The number of pyridine rings is 1. The maximum Gasteiger partial charge on any atom is 0.323 e. The highest BCUT2D eigenvalue weighted by Gasteiger charge is 2.21. The van der Waals surface area contributed by atoms with Crippen LogP contribution in [0.15, 0.2) is 36.5 Å². The molecule has 8 nitrogen and oxygen atoms in total. The number of urea groups is 1. The van der Waals surface area contributed by atoms with Crippen molar-refractivity contribution in [2.24, 2.45) is 0 Å². The van der Waals surface area contributed by atoms with Crippen LogP contribution in [0.4, 0.5) is 20.6 Å². The van der Waals surface area contributed by atoms with Crippen LogP contribution < -0.4 is 10.6 Å². The highest BCUT2D eigenvalue weighted by atomic mass is 19.1.